The van der Waals surface area contributed by atoms with E-state index in [0.717, 1.165) is 31.4 Å². The number of nitrogens with one attached hydrogen (secondary N) is 1. The average Bonchev–Trinajstić information content (AvgIpc) is 3.02. The molecule has 1 amide bonds. The minimum Gasteiger partial charge on any atom is -0.469 e. The number of carbonyl (C=O) groups excluding carboxylic acids is 1. The molecule has 0 aliphatic heterocycles. The molecule has 1 fully saturated rings. The molecular weight excluding hydrogens is 228 g/mol. The van der Waals surface area contributed by atoms with Crippen LogP contribution < -0.4 is 11.1 Å². The van der Waals surface area contributed by atoms with E-state index in [9.17, 15) is 4.79 Å². The van der Waals surface area contributed by atoms with E-state index < -0.39 is 0 Å². The average molecular weight is 250 g/mol. The van der Waals surface area contributed by atoms with E-state index in [1.165, 1.54) is 12.8 Å². The first-order valence-corrected chi connectivity index (χ1v) is 6.85. The Bertz CT molecular complexity index is 356. The first-order chi connectivity index (χ1) is 8.81. The highest BCUT2D eigenvalue weighted by molar-refractivity contribution is 5.83. The summed E-state index contributed by atoms with van der Waals surface area (Å²) in [6.07, 6.45) is 7.86. The van der Waals surface area contributed by atoms with Gasteiger partial charge in [0.1, 0.15) is 5.76 Å². The summed E-state index contributed by atoms with van der Waals surface area (Å²) in [5.41, 5.74) is 5.53. The van der Waals surface area contributed by atoms with Crippen LogP contribution >= 0.6 is 0 Å². The fourth-order valence-electron chi connectivity index (χ4n) is 2.59. The van der Waals surface area contributed by atoms with Gasteiger partial charge in [0.25, 0.3) is 0 Å². The van der Waals surface area contributed by atoms with Gasteiger partial charge in [0.15, 0.2) is 0 Å². The van der Waals surface area contributed by atoms with E-state index in [2.05, 4.69) is 5.32 Å². The Morgan fingerprint density at radius 3 is 2.89 bits per heavy atom. The second-order valence-corrected chi connectivity index (χ2v) is 4.99. The molecule has 1 unspecified atom stereocenters. The van der Waals surface area contributed by atoms with Crippen LogP contribution in [0.3, 0.4) is 0 Å². The summed E-state index contributed by atoms with van der Waals surface area (Å²) in [7, 11) is 0. The quantitative estimate of drug-likeness (QED) is 0.813. The predicted molar refractivity (Wildman–Crippen MR) is 70.1 cm³/mol. The zero-order valence-electron chi connectivity index (χ0n) is 10.7. The minimum absolute atomic E-state index is 0.0882. The summed E-state index contributed by atoms with van der Waals surface area (Å²) in [6.45, 7) is 0.605. The van der Waals surface area contributed by atoms with Crippen molar-refractivity contribution in [1.29, 1.82) is 0 Å². The molecule has 1 saturated carbocycles. The molecule has 1 aromatic heterocycles. The summed E-state index contributed by atoms with van der Waals surface area (Å²) in [5.74, 6) is 0.647. The molecule has 4 heteroatoms. The zero-order valence-corrected chi connectivity index (χ0v) is 10.7. The van der Waals surface area contributed by atoms with Crippen LogP contribution in [-0.2, 0) is 4.79 Å². The monoisotopic (exact) mass is 250 g/mol. The van der Waals surface area contributed by atoms with Crippen molar-refractivity contribution in [2.75, 3.05) is 6.54 Å². The molecular formula is C14H22N2O2. The lowest BCUT2D eigenvalue weighted by molar-refractivity contribution is -0.123. The van der Waals surface area contributed by atoms with Gasteiger partial charge >= 0.3 is 0 Å². The third kappa shape index (κ3) is 3.35. The van der Waals surface area contributed by atoms with Crippen LogP contribution in [0.25, 0.3) is 0 Å². The maximum Gasteiger partial charge on any atom is 0.230 e. The van der Waals surface area contributed by atoms with E-state index in [1.807, 2.05) is 12.1 Å². The van der Waals surface area contributed by atoms with Crippen LogP contribution in [0.5, 0.6) is 0 Å². The number of nitrogens with two attached hydrogens (primary N) is 1. The van der Waals surface area contributed by atoms with Gasteiger partial charge in [0, 0.05) is 6.04 Å². The normalized spacial score (nSPS) is 17.8. The Balaban J connectivity index is 1.96. The second kappa shape index (κ2) is 6.59. The Morgan fingerprint density at radius 1 is 1.50 bits per heavy atom. The van der Waals surface area contributed by atoms with Crippen LogP contribution in [-0.4, -0.2) is 18.5 Å². The summed E-state index contributed by atoms with van der Waals surface area (Å²) in [4.78, 5) is 12.3. The van der Waals surface area contributed by atoms with Crippen LogP contribution in [0.4, 0.5) is 0 Å². The number of hydrogen-bond donors (Lipinski definition) is 2. The predicted octanol–water partition coefficient (Wildman–Crippen LogP) is 2.16. The molecule has 0 saturated heterocycles. The maximum absolute atomic E-state index is 12.3. The number of furan rings is 1. The highest BCUT2D eigenvalue weighted by atomic mass is 16.3. The van der Waals surface area contributed by atoms with Crippen LogP contribution in [0.15, 0.2) is 22.8 Å². The Morgan fingerprint density at radius 2 is 2.28 bits per heavy atom. The fourth-order valence-corrected chi connectivity index (χ4v) is 2.59. The second-order valence-electron chi connectivity index (χ2n) is 4.99. The molecule has 1 heterocycles. The van der Waals surface area contributed by atoms with E-state index in [0.29, 0.717) is 12.6 Å². The molecule has 0 spiro atoms. The number of amides is 1. The molecule has 100 valence electrons. The number of carbonyl (C=O) groups is 1. The SMILES string of the molecule is NCCCC(C(=O)NC1CCCC1)c1ccco1. The van der Waals surface area contributed by atoms with E-state index in [-0.39, 0.29) is 11.8 Å². The van der Waals surface area contributed by atoms with Crippen molar-refractivity contribution >= 4 is 5.91 Å². The fraction of sp³-hybridized carbons (Fsp3) is 0.643. The smallest absolute Gasteiger partial charge is 0.230 e. The molecule has 1 aliphatic carbocycles. The molecule has 0 radical (unpaired) electrons. The van der Waals surface area contributed by atoms with Crippen molar-refractivity contribution in [1.82, 2.24) is 5.32 Å². The van der Waals surface area contributed by atoms with E-state index >= 15 is 0 Å². The highest BCUT2D eigenvalue weighted by Crippen LogP contribution is 2.24. The molecule has 18 heavy (non-hydrogen) atoms. The molecule has 4 nitrogen and oxygen atoms in total. The van der Waals surface area contributed by atoms with Gasteiger partial charge in [-0.05, 0) is 44.4 Å². The van der Waals surface area contributed by atoms with Gasteiger partial charge in [-0.2, -0.15) is 0 Å². The summed E-state index contributed by atoms with van der Waals surface area (Å²) >= 11 is 0. The van der Waals surface area contributed by atoms with Gasteiger partial charge < -0.3 is 15.5 Å². The topological polar surface area (TPSA) is 68.3 Å². The first kappa shape index (κ1) is 13.1. The summed E-state index contributed by atoms with van der Waals surface area (Å²) < 4.78 is 5.38. The summed E-state index contributed by atoms with van der Waals surface area (Å²) in [6, 6.07) is 4.05. The molecule has 1 aromatic rings. The van der Waals surface area contributed by atoms with Crippen LogP contribution in [0.2, 0.25) is 0 Å². The lowest BCUT2D eigenvalue weighted by atomic mass is 9.98. The van der Waals surface area contributed by atoms with Crippen molar-refractivity contribution in [3.05, 3.63) is 24.2 Å². The van der Waals surface area contributed by atoms with Crippen molar-refractivity contribution in [2.45, 2.75) is 50.5 Å². The van der Waals surface area contributed by atoms with Gasteiger partial charge in [0.05, 0.1) is 12.2 Å². The van der Waals surface area contributed by atoms with Crippen LogP contribution in [0, 0.1) is 0 Å². The number of hydrogen-bond acceptors (Lipinski definition) is 3. The molecule has 1 aliphatic rings. The third-order valence-electron chi connectivity index (χ3n) is 3.60. The highest BCUT2D eigenvalue weighted by Gasteiger charge is 2.26. The Hall–Kier alpha value is -1.29. The minimum atomic E-state index is -0.191. The van der Waals surface area contributed by atoms with Gasteiger partial charge in [-0.25, -0.2) is 0 Å². The van der Waals surface area contributed by atoms with E-state index in [1.54, 1.807) is 6.26 Å². The third-order valence-corrected chi connectivity index (χ3v) is 3.60. The van der Waals surface area contributed by atoms with Gasteiger partial charge in [0.2, 0.25) is 5.91 Å². The van der Waals surface area contributed by atoms with Crippen molar-refractivity contribution in [3.63, 3.8) is 0 Å². The molecule has 3 N–H and O–H groups in total. The maximum atomic E-state index is 12.3. The summed E-state index contributed by atoms with van der Waals surface area (Å²) in [5, 5.41) is 3.14. The standard InChI is InChI=1S/C14H22N2O2/c15-9-3-7-12(13-8-4-10-18-13)14(17)16-11-5-1-2-6-11/h4,8,10-12H,1-3,5-7,9,15H2,(H,16,17). The molecule has 0 bridgehead atoms. The first-order valence-electron chi connectivity index (χ1n) is 6.85. The Labute approximate surface area is 108 Å². The molecule has 0 aromatic carbocycles. The van der Waals surface area contributed by atoms with Gasteiger partial charge in [-0.15, -0.1) is 0 Å². The van der Waals surface area contributed by atoms with Gasteiger partial charge in [-0.3, -0.25) is 4.79 Å². The van der Waals surface area contributed by atoms with E-state index in [4.69, 9.17) is 10.2 Å². The zero-order chi connectivity index (χ0) is 12.8. The van der Waals surface area contributed by atoms with Crippen molar-refractivity contribution in [2.24, 2.45) is 5.73 Å². The molecule has 1 atom stereocenters. The Kier molecular flexibility index (Phi) is 4.81. The lowest BCUT2D eigenvalue weighted by Crippen LogP contribution is -2.36. The lowest BCUT2D eigenvalue weighted by Gasteiger charge is -2.18. The number of rotatable bonds is 6. The van der Waals surface area contributed by atoms with Crippen molar-refractivity contribution < 1.29 is 9.21 Å². The largest absolute Gasteiger partial charge is 0.469 e. The van der Waals surface area contributed by atoms with Gasteiger partial charge in [-0.1, -0.05) is 12.8 Å². The van der Waals surface area contributed by atoms with Crippen LogP contribution in [0.1, 0.15) is 50.2 Å². The van der Waals surface area contributed by atoms with Crippen molar-refractivity contribution in [3.8, 4) is 0 Å². The molecule has 2 rings (SSSR count).